The molecular formula is C12H19NOS. The van der Waals surface area contributed by atoms with Crippen LogP contribution in [-0.4, -0.2) is 19.2 Å². The van der Waals surface area contributed by atoms with E-state index in [-0.39, 0.29) is 6.10 Å². The average molecular weight is 225 g/mol. The molecule has 0 saturated carbocycles. The van der Waals surface area contributed by atoms with Gasteiger partial charge < -0.3 is 10.1 Å². The van der Waals surface area contributed by atoms with E-state index in [0.717, 1.165) is 19.1 Å². The first-order chi connectivity index (χ1) is 7.25. The van der Waals surface area contributed by atoms with Gasteiger partial charge in [0.2, 0.25) is 0 Å². The highest BCUT2D eigenvalue weighted by atomic mass is 32.1. The fourth-order valence-electron chi connectivity index (χ4n) is 2.02. The number of thiophene rings is 1. The summed E-state index contributed by atoms with van der Waals surface area (Å²) in [6.07, 6.45) is 1.47. The van der Waals surface area contributed by atoms with Gasteiger partial charge in [-0.05, 0) is 34.7 Å². The van der Waals surface area contributed by atoms with Gasteiger partial charge in [0.15, 0.2) is 0 Å². The van der Waals surface area contributed by atoms with Gasteiger partial charge in [0.1, 0.15) is 0 Å². The van der Waals surface area contributed by atoms with Gasteiger partial charge in [-0.1, -0.05) is 13.8 Å². The van der Waals surface area contributed by atoms with Crippen molar-refractivity contribution in [1.82, 2.24) is 5.32 Å². The molecule has 0 aromatic carbocycles. The van der Waals surface area contributed by atoms with E-state index in [1.807, 2.05) is 0 Å². The molecule has 2 atom stereocenters. The maximum atomic E-state index is 5.88. The summed E-state index contributed by atoms with van der Waals surface area (Å²) in [6, 6.07) is 2.69. The minimum absolute atomic E-state index is 0.264. The van der Waals surface area contributed by atoms with Crippen molar-refractivity contribution in [3.05, 3.63) is 22.4 Å². The lowest BCUT2D eigenvalue weighted by Gasteiger charge is -2.31. The summed E-state index contributed by atoms with van der Waals surface area (Å²) >= 11 is 1.74. The summed E-state index contributed by atoms with van der Waals surface area (Å²) in [7, 11) is 0. The molecule has 2 unspecified atom stereocenters. The molecule has 15 heavy (non-hydrogen) atoms. The minimum Gasteiger partial charge on any atom is -0.371 e. The second-order valence-electron chi connectivity index (χ2n) is 4.61. The van der Waals surface area contributed by atoms with Gasteiger partial charge in [0.05, 0.1) is 12.7 Å². The normalized spacial score (nSPS) is 27.1. The second kappa shape index (κ2) is 5.10. The van der Waals surface area contributed by atoms with Crippen LogP contribution >= 0.6 is 11.3 Å². The predicted octanol–water partition coefficient (Wildman–Crippen LogP) is 2.82. The van der Waals surface area contributed by atoms with Gasteiger partial charge in [-0.2, -0.15) is 11.3 Å². The molecule has 1 aromatic rings. The van der Waals surface area contributed by atoms with Crippen LogP contribution in [0.3, 0.4) is 0 Å². The van der Waals surface area contributed by atoms with E-state index in [9.17, 15) is 0 Å². The fourth-order valence-corrected chi connectivity index (χ4v) is 2.72. The Morgan fingerprint density at radius 2 is 2.47 bits per heavy atom. The highest BCUT2D eigenvalue weighted by Crippen LogP contribution is 2.23. The Kier molecular flexibility index (Phi) is 3.78. The zero-order valence-corrected chi connectivity index (χ0v) is 10.2. The fraction of sp³-hybridized carbons (Fsp3) is 0.667. The van der Waals surface area contributed by atoms with Crippen LogP contribution < -0.4 is 5.32 Å². The molecule has 2 rings (SSSR count). The molecule has 0 radical (unpaired) electrons. The number of hydrogen-bond donors (Lipinski definition) is 1. The maximum absolute atomic E-state index is 5.88. The molecule has 84 valence electrons. The Morgan fingerprint density at radius 3 is 3.00 bits per heavy atom. The number of ether oxygens (including phenoxy) is 1. The molecule has 2 nitrogen and oxygen atoms in total. The monoisotopic (exact) mass is 225 g/mol. The summed E-state index contributed by atoms with van der Waals surface area (Å²) < 4.78 is 5.88. The molecule has 0 bridgehead atoms. The molecule has 2 heterocycles. The molecule has 0 amide bonds. The van der Waals surface area contributed by atoms with E-state index >= 15 is 0 Å². The Hall–Kier alpha value is -0.380. The van der Waals surface area contributed by atoms with Crippen LogP contribution in [0.4, 0.5) is 0 Å². The van der Waals surface area contributed by atoms with Crippen molar-refractivity contribution >= 4 is 11.3 Å². The van der Waals surface area contributed by atoms with Crippen molar-refractivity contribution in [2.24, 2.45) is 5.92 Å². The standard InChI is InChI=1S/C12H19NOS/c1-9(2)5-11-7-14-12(6-13-11)10-3-4-15-8-10/h3-4,8-9,11-13H,5-7H2,1-2H3. The zero-order valence-electron chi connectivity index (χ0n) is 9.40. The van der Waals surface area contributed by atoms with Crippen LogP contribution in [0.2, 0.25) is 0 Å². The van der Waals surface area contributed by atoms with E-state index in [1.54, 1.807) is 11.3 Å². The lowest BCUT2D eigenvalue weighted by Crippen LogP contribution is -2.43. The Morgan fingerprint density at radius 1 is 1.60 bits per heavy atom. The third-order valence-corrected chi connectivity index (χ3v) is 3.46. The Balaban J connectivity index is 1.82. The molecule has 1 fully saturated rings. The zero-order chi connectivity index (χ0) is 10.7. The van der Waals surface area contributed by atoms with Crippen molar-refractivity contribution in [1.29, 1.82) is 0 Å². The number of morpholine rings is 1. The third kappa shape index (κ3) is 3.03. The molecular weight excluding hydrogens is 206 g/mol. The highest BCUT2D eigenvalue weighted by molar-refractivity contribution is 7.07. The van der Waals surface area contributed by atoms with Crippen molar-refractivity contribution < 1.29 is 4.74 Å². The number of nitrogens with one attached hydrogen (secondary N) is 1. The summed E-state index contributed by atoms with van der Waals surface area (Å²) in [5.74, 6) is 0.740. The van der Waals surface area contributed by atoms with E-state index in [4.69, 9.17) is 4.74 Å². The van der Waals surface area contributed by atoms with Gasteiger partial charge in [0, 0.05) is 12.6 Å². The Labute approximate surface area is 95.6 Å². The predicted molar refractivity (Wildman–Crippen MR) is 64.3 cm³/mol. The van der Waals surface area contributed by atoms with Crippen molar-refractivity contribution in [2.45, 2.75) is 32.4 Å². The minimum atomic E-state index is 0.264. The topological polar surface area (TPSA) is 21.3 Å². The second-order valence-corrected chi connectivity index (χ2v) is 5.39. The lowest BCUT2D eigenvalue weighted by atomic mass is 10.0. The van der Waals surface area contributed by atoms with E-state index in [0.29, 0.717) is 6.04 Å². The highest BCUT2D eigenvalue weighted by Gasteiger charge is 2.22. The van der Waals surface area contributed by atoms with Crippen molar-refractivity contribution in [3.63, 3.8) is 0 Å². The van der Waals surface area contributed by atoms with Crippen LogP contribution in [-0.2, 0) is 4.74 Å². The van der Waals surface area contributed by atoms with Crippen LogP contribution in [0, 0.1) is 5.92 Å². The molecule has 1 aliphatic heterocycles. The first-order valence-electron chi connectivity index (χ1n) is 5.63. The van der Waals surface area contributed by atoms with Gasteiger partial charge in [0.25, 0.3) is 0 Å². The molecule has 0 spiro atoms. The average Bonchev–Trinajstić information content (AvgIpc) is 2.71. The molecule has 1 saturated heterocycles. The smallest absolute Gasteiger partial charge is 0.0958 e. The van der Waals surface area contributed by atoms with Crippen LogP contribution in [0.1, 0.15) is 31.9 Å². The largest absolute Gasteiger partial charge is 0.371 e. The summed E-state index contributed by atoms with van der Waals surface area (Å²) in [6.45, 7) is 6.31. The lowest BCUT2D eigenvalue weighted by molar-refractivity contribution is -0.00108. The van der Waals surface area contributed by atoms with E-state index in [1.165, 1.54) is 12.0 Å². The van der Waals surface area contributed by atoms with E-state index in [2.05, 4.69) is 36.0 Å². The molecule has 1 aliphatic rings. The first kappa shape index (κ1) is 11.1. The van der Waals surface area contributed by atoms with Crippen molar-refractivity contribution in [2.75, 3.05) is 13.2 Å². The summed E-state index contributed by atoms with van der Waals surface area (Å²) in [4.78, 5) is 0. The van der Waals surface area contributed by atoms with Gasteiger partial charge in [-0.3, -0.25) is 0 Å². The SMILES string of the molecule is CC(C)CC1COC(c2ccsc2)CN1. The Bertz CT molecular complexity index is 276. The maximum Gasteiger partial charge on any atom is 0.0958 e. The van der Waals surface area contributed by atoms with Gasteiger partial charge in [-0.25, -0.2) is 0 Å². The van der Waals surface area contributed by atoms with Gasteiger partial charge >= 0.3 is 0 Å². The van der Waals surface area contributed by atoms with Crippen LogP contribution in [0.25, 0.3) is 0 Å². The molecule has 1 N–H and O–H groups in total. The summed E-state index contributed by atoms with van der Waals surface area (Å²) in [5.41, 5.74) is 1.32. The quantitative estimate of drug-likeness (QED) is 0.854. The van der Waals surface area contributed by atoms with Gasteiger partial charge in [-0.15, -0.1) is 0 Å². The molecule has 1 aromatic heterocycles. The number of hydrogen-bond acceptors (Lipinski definition) is 3. The van der Waals surface area contributed by atoms with Crippen LogP contribution in [0.5, 0.6) is 0 Å². The number of rotatable bonds is 3. The third-order valence-electron chi connectivity index (χ3n) is 2.76. The molecule has 0 aliphatic carbocycles. The van der Waals surface area contributed by atoms with Crippen LogP contribution in [0.15, 0.2) is 16.8 Å². The first-order valence-corrected chi connectivity index (χ1v) is 6.57. The van der Waals surface area contributed by atoms with E-state index < -0.39 is 0 Å². The molecule has 3 heteroatoms. The summed E-state index contributed by atoms with van der Waals surface area (Å²) in [5, 5.41) is 7.85. The van der Waals surface area contributed by atoms with Crippen molar-refractivity contribution in [3.8, 4) is 0 Å².